The van der Waals surface area contributed by atoms with Crippen LogP contribution in [-0.2, 0) is 30.8 Å². The van der Waals surface area contributed by atoms with Crippen LogP contribution in [0.1, 0.15) is 17.5 Å². The van der Waals surface area contributed by atoms with E-state index in [0.717, 1.165) is 16.9 Å². The van der Waals surface area contributed by atoms with Gasteiger partial charge in [-0.05, 0) is 48.7 Å². The molecule has 0 heterocycles. The molecule has 0 saturated heterocycles. The minimum Gasteiger partial charge on any atom is -0.492 e. The number of carbonyl (C=O) groups excluding carboxylic acids is 2. The van der Waals surface area contributed by atoms with Gasteiger partial charge in [0.15, 0.2) is 6.61 Å². The maximum Gasteiger partial charge on any atom is 0.306 e. The quantitative estimate of drug-likeness (QED) is 0.441. The van der Waals surface area contributed by atoms with Crippen molar-refractivity contribution in [3.8, 4) is 5.75 Å². The average Bonchev–Trinajstić information content (AvgIpc) is 2.68. The predicted molar refractivity (Wildman–Crippen MR) is 107 cm³/mol. The zero-order chi connectivity index (χ0) is 21.3. The van der Waals surface area contributed by atoms with E-state index in [1.807, 2.05) is 31.2 Å². The van der Waals surface area contributed by atoms with E-state index in [0.29, 0.717) is 19.6 Å². The first-order valence-electron chi connectivity index (χ1n) is 8.97. The van der Waals surface area contributed by atoms with Crippen molar-refractivity contribution in [1.82, 2.24) is 5.32 Å². The molecule has 3 N–H and O–H groups in total. The number of hydrogen-bond donors (Lipinski definition) is 2. The highest BCUT2D eigenvalue weighted by atomic mass is 32.2. The Kier molecular flexibility index (Phi) is 8.17. The molecule has 0 atom stereocenters. The number of nitrogens with one attached hydrogen (secondary N) is 1. The third kappa shape index (κ3) is 8.32. The fraction of sp³-hybridized carbons (Fsp3) is 0.300. The van der Waals surface area contributed by atoms with E-state index in [4.69, 9.17) is 14.6 Å². The molecule has 0 spiro atoms. The fourth-order valence-electron chi connectivity index (χ4n) is 2.43. The van der Waals surface area contributed by atoms with Crippen LogP contribution in [0.25, 0.3) is 0 Å². The summed E-state index contributed by atoms with van der Waals surface area (Å²) in [5, 5.41) is 7.64. The third-order valence-corrected chi connectivity index (χ3v) is 4.85. The number of amides is 1. The van der Waals surface area contributed by atoms with Crippen LogP contribution in [0, 0.1) is 6.92 Å². The first kappa shape index (κ1) is 22.4. The molecule has 0 bridgehead atoms. The lowest BCUT2D eigenvalue weighted by molar-refractivity contribution is -0.148. The number of carbonyl (C=O) groups is 2. The van der Waals surface area contributed by atoms with E-state index >= 15 is 0 Å². The van der Waals surface area contributed by atoms with Crippen LogP contribution < -0.4 is 15.2 Å². The van der Waals surface area contributed by atoms with Crippen LogP contribution in [0.5, 0.6) is 5.75 Å². The molecule has 0 saturated carbocycles. The van der Waals surface area contributed by atoms with Crippen LogP contribution in [-0.4, -0.2) is 40.1 Å². The summed E-state index contributed by atoms with van der Waals surface area (Å²) < 4.78 is 32.8. The zero-order valence-corrected chi connectivity index (χ0v) is 16.9. The Morgan fingerprint density at radius 3 is 2.48 bits per heavy atom. The normalized spacial score (nSPS) is 11.0. The van der Waals surface area contributed by atoms with Gasteiger partial charge in [0.25, 0.3) is 5.91 Å². The highest BCUT2D eigenvalue weighted by Gasteiger charge is 2.10. The minimum absolute atomic E-state index is 0.00637. The van der Waals surface area contributed by atoms with Crippen LogP contribution in [0.15, 0.2) is 53.4 Å². The lowest BCUT2D eigenvalue weighted by Crippen LogP contribution is -2.32. The van der Waals surface area contributed by atoms with Gasteiger partial charge in [-0.1, -0.05) is 24.3 Å². The summed E-state index contributed by atoms with van der Waals surface area (Å²) in [6.45, 7) is 2.19. The summed E-state index contributed by atoms with van der Waals surface area (Å²) in [6.07, 6.45) is 0.425. The van der Waals surface area contributed by atoms with Crippen molar-refractivity contribution in [3.63, 3.8) is 0 Å². The van der Waals surface area contributed by atoms with E-state index in [1.165, 1.54) is 12.1 Å². The van der Waals surface area contributed by atoms with Gasteiger partial charge in [-0.2, -0.15) is 0 Å². The van der Waals surface area contributed by atoms with E-state index in [9.17, 15) is 18.0 Å². The Balaban J connectivity index is 1.61. The SMILES string of the molecule is Cc1cccc(OCCNC(=O)COC(=O)CCc2ccc(S(N)(=O)=O)cc2)c1. The van der Waals surface area contributed by atoms with Crippen molar-refractivity contribution in [2.24, 2.45) is 5.14 Å². The molecule has 8 nitrogen and oxygen atoms in total. The molecule has 0 aliphatic carbocycles. The van der Waals surface area contributed by atoms with E-state index < -0.39 is 21.9 Å². The van der Waals surface area contributed by atoms with Gasteiger partial charge in [0.1, 0.15) is 12.4 Å². The van der Waals surface area contributed by atoms with Gasteiger partial charge in [-0.15, -0.1) is 0 Å². The first-order chi connectivity index (χ1) is 13.7. The first-order valence-corrected chi connectivity index (χ1v) is 10.5. The molecule has 0 aliphatic heterocycles. The Labute approximate surface area is 170 Å². The lowest BCUT2D eigenvalue weighted by atomic mass is 10.1. The van der Waals surface area contributed by atoms with Crippen LogP contribution in [0.3, 0.4) is 0 Å². The monoisotopic (exact) mass is 420 g/mol. The summed E-state index contributed by atoms with van der Waals surface area (Å²) >= 11 is 0. The largest absolute Gasteiger partial charge is 0.492 e. The van der Waals surface area contributed by atoms with E-state index in [-0.39, 0.29) is 17.9 Å². The topological polar surface area (TPSA) is 125 Å². The maximum atomic E-state index is 11.8. The predicted octanol–water partition coefficient (Wildman–Crippen LogP) is 1.31. The van der Waals surface area contributed by atoms with Gasteiger partial charge >= 0.3 is 5.97 Å². The molecule has 1 amide bonds. The highest BCUT2D eigenvalue weighted by molar-refractivity contribution is 7.89. The number of aryl methyl sites for hydroxylation is 2. The minimum atomic E-state index is -3.74. The summed E-state index contributed by atoms with van der Waals surface area (Å²) in [6, 6.07) is 13.5. The second kappa shape index (κ2) is 10.6. The number of benzene rings is 2. The van der Waals surface area contributed by atoms with Crippen molar-refractivity contribution in [2.45, 2.75) is 24.7 Å². The molecular formula is C20H24N2O6S. The number of ether oxygens (including phenoxy) is 2. The maximum absolute atomic E-state index is 11.8. The molecule has 29 heavy (non-hydrogen) atoms. The van der Waals surface area contributed by atoms with Gasteiger partial charge in [-0.25, -0.2) is 13.6 Å². The number of nitrogens with two attached hydrogens (primary N) is 1. The number of hydrogen-bond acceptors (Lipinski definition) is 6. The van der Waals surface area contributed by atoms with E-state index in [2.05, 4.69) is 5.32 Å². The third-order valence-electron chi connectivity index (χ3n) is 3.92. The number of rotatable bonds is 10. The van der Waals surface area contributed by atoms with Gasteiger partial charge in [-0.3, -0.25) is 9.59 Å². The van der Waals surface area contributed by atoms with Crippen molar-refractivity contribution < 1.29 is 27.5 Å². The number of primary sulfonamides is 1. The second-order valence-corrected chi connectivity index (χ2v) is 7.93. The molecule has 2 aromatic carbocycles. The molecular weight excluding hydrogens is 396 g/mol. The van der Waals surface area contributed by atoms with Gasteiger partial charge in [0.05, 0.1) is 11.4 Å². The zero-order valence-electron chi connectivity index (χ0n) is 16.1. The Morgan fingerprint density at radius 2 is 1.83 bits per heavy atom. The number of sulfonamides is 1. The summed E-state index contributed by atoms with van der Waals surface area (Å²) in [5.74, 6) is -0.210. The van der Waals surface area contributed by atoms with Crippen molar-refractivity contribution in [3.05, 3.63) is 59.7 Å². The lowest BCUT2D eigenvalue weighted by Gasteiger charge is -2.09. The van der Waals surface area contributed by atoms with Gasteiger partial charge < -0.3 is 14.8 Å². The molecule has 2 aromatic rings. The average molecular weight is 420 g/mol. The van der Waals surface area contributed by atoms with Gasteiger partial charge in [0, 0.05) is 6.42 Å². The standard InChI is InChI=1S/C20H24N2O6S/c1-15-3-2-4-17(13-15)27-12-11-22-19(23)14-28-20(24)10-7-16-5-8-18(9-6-16)29(21,25)26/h2-6,8-9,13H,7,10-12,14H2,1H3,(H,22,23)(H2,21,25,26). The van der Waals surface area contributed by atoms with Crippen molar-refractivity contribution in [2.75, 3.05) is 19.8 Å². The van der Waals surface area contributed by atoms with Crippen molar-refractivity contribution in [1.29, 1.82) is 0 Å². The van der Waals surface area contributed by atoms with Crippen LogP contribution >= 0.6 is 0 Å². The summed E-state index contributed by atoms with van der Waals surface area (Å²) in [7, 11) is -3.74. The van der Waals surface area contributed by atoms with Crippen LogP contribution in [0.2, 0.25) is 0 Å². The van der Waals surface area contributed by atoms with E-state index in [1.54, 1.807) is 12.1 Å². The molecule has 0 unspecified atom stereocenters. The summed E-state index contributed by atoms with van der Waals surface area (Å²) in [4.78, 5) is 23.5. The Bertz CT molecular complexity index is 942. The molecule has 9 heteroatoms. The second-order valence-electron chi connectivity index (χ2n) is 6.36. The molecule has 156 valence electrons. The summed E-state index contributed by atoms with van der Waals surface area (Å²) in [5.41, 5.74) is 1.84. The smallest absolute Gasteiger partial charge is 0.306 e. The van der Waals surface area contributed by atoms with Crippen LogP contribution in [0.4, 0.5) is 0 Å². The molecule has 0 radical (unpaired) electrons. The Hall–Kier alpha value is -2.91. The number of esters is 1. The fourth-order valence-corrected chi connectivity index (χ4v) is 2.94. The molecule has 2 rings (SSSR count). The van der Waals surface area contributed by atoms with Crippen molar-refractivity contribution >= 4 is 21.9 Å². The molecule has 0 fully saturated rings. The highest BCUT2D eigenvalue weighted by Crippen LogP contribution is 2.12. The molecule has 0 aliphatic rings. The van der Waals surface area contributed by atoms with Gasteiger partial charge in [0.2, 0.25) is 10.0 Å². The molecule has 0 aromatic heterocycles. The Morgan fingerprint density at radius 1 is 1.10 bits per heavy atom.